The topological polar surface area (TPSA) is 70.6 Å². The highest BCUT2D eigenvalue weighted by atomic mass is 28.3. The molecule has 0 aromatic carbocycles. The fraction of sp³-hybridized carbons (Fsp3) is 0.938. The zero-order chi connectivity index (χ0) is 16.6. The van der Waals surface area contributed by atoms with Gasteiger partial charge in [0.2, 0.25) is 0 Å². The summed E-state index contributed by atoms with van der Waals surface area (Å²) in [5.41, 5.74) is 0. The average molecular weight is 331 g/mol. The molecule has 5 nitrogen and oxygen atoms in total. The van der Waals surface area contributed by atoms with Crippen molar-refractivity contribution >= 4 is 14.2 Å². The Labute approximate surface area is 136 Å². The minimum Gasteiger partial charge on any atom is -0.448 e. The van der Waals surface area contributed by atoms with Gasteiger partial charge in [-0.1, -0.05) is 38.9 Å². The molecule has 2 unspecified atom stereocenters. The van der Waals surface area contributed by atoms with Crippen molar-refractivity contribution in [2.45, 2.75) is 69.9 Å². The summed E-state index contributed by atoms with van der Waals surface area (Å²) in [7, 11) is 0.435. The molecular formula is C16H34N2O3Si. The number of hydrogen-bond donors (Lipinski definition) is 3. The molecule has 130 valence electrons. The van der Waals surface area contributed by atoms with Crippen molar-refractivity contribution in [1.82, 2.24) is 10.6 Å². The van der Waals surface area contributed by atoms with Gasteiger partial charge in [-0.05, 0) is 31.3 Å². The number of ether oxygens (including phenoxy) is 1. The summed E-state index contributed by atoms with van der Waals surface area (Å²) in [5, 5.41) is 16.6. The molecule has 0 bridgehead atoms. The van der Waals surface area contributed by atoms with Gasteiger partial charge >= 0.3 is 6.09 Å². The van der Waals surface area contributed by atoms with Crippen LogP contribution in [0.5, 0.6) is 0 Å². The second kappa shape index (κ2) is 9.52. The average Bonchev–Trinajstić information content (AvgIpc) is 2.49. The van der Waals surface area contributed by atoms with Crippen LogP contribution in [0.3, 0.4) is 0 Å². The van der Waals surface area contributed by atoms with Crippen molar-refractivity contribution < 1.29 is 14.6 Å². The second-order valence-electron chi connectivity index (χ2n) is 7.61. The van der Waals surface area contributed by atoms with E-state index in [0.717, 1.165) is 25.4 Å². The molecule has 0 heterocycles. The van der Waals surface area contributed by atoms with Crippen LogP contribution in [-0.2, 0) is 4.74 Å². The first-order valence-electron chi connectivity index (χ1n) is 8.59. The number of amides is 1. The van der Waals surface area contributed by atoms with Crippen molar-refractivity contribution in [3.05, 3.63) is 0 Å². The van der Waals surface area contributed by atoms with Gasteiger partial charge in [0.25, 0.3) is 0 Å². The van der Waals surface area contributed by atoms with Crippen LogP contribution in [0.4, 0.5) is 4.79 Å². The molecule has 0 aromatic heterocycles. The van der Waals surface area contributed by atoms with E-state index in [1.54, 1.807) is 7.05 Å². The minimum atomic E-state index is -1.11. The maximum Gasteiger partial charge on any atom is 0.406 e. The normalized spacial score (nSPS) is 19.5. The Morgan fingerprint density at radius 3 is 2.45 bits per heavy atom. The number of hydrogen-bond acceptors (Lipinski definition) is 4. The lowest BCUT2D eigenvalue weighted by atomic mass is 9.83. The molecule has 1 fully saturated rings. The van der Waals surface area contributed by atoms with E-state index in [9.17, 15) is 9.90 Å². The Kier molecular flexibility index (Phi) is 8.42. The third-order valence-electron chi connectivity index (χ3n) is 4.42. The molecule has 22 heavy (non-hydrogen) atoms. The summed E-state index contributed by atoms with van der Waals surface area (Å²) in [6.07, 6.45) is 4.94. The second-order valence-corrected chi connectivity index (χ2v) is 13.2. The third kappa shape index (κ3) is 7.60. The number of carbonyl (C=O) groups is 1. The maximum atomic E-state index is 11.3. The van der Waals surface area contributed by atoms with Gasteiger partial charge in [-0.2, -0.15) is 0 Å². The Balaban J connectivity index is 2.53. The van der Waals surface area contributed by atoms with E-state index in [-0.39, 0.29) is 12.6 Å². The van der Waals surface area contributed by atoms with Crippen molar-refractivity contribution in [2.24, 2.45) is 5.92 Å². The number of alkyl carbamates (subject to hydrolysis) is 1. The quantitative estimate of drug-likeness (QED) is 0.598. The molecule has 1 aliphatic carbocycles. The van der Waals surface area contributed by atoms with Crippen LogP contribution in [0, 0.1) is 5.92 Å². The van der Waals surface area contributed by atoms with E-state index in [2.05, 4.69) is 30.3 Å². The molecule has 2 atom stereocenters. The van der Waals surface area contributed by atoms with E-state index < -0.39 is 20.3 Å². The van der Waals surface area contributed by atoms with Gasteiger partial charge in [0.15, 0.2) is 0 Å². The molecular weight excluding hydrogens is 296 g/mol. The van der Waals surface area contributed by atoms with Gasteiger partial charge in [0.1, 0.15) is 6.61 Å². The third-order valence-corrected chi connectivity index (χ3v) is 6.17. The van der Waals surface area contributed by atoms with Crippen LogP contribution >= 0.6 is 0 Å². The van der Waals surface area contributed by atoms with E-state index >= 15 is 0 Å². The largest absolute Gasteiger partial charge is 0.448 e. The predicted octanol–water partition coefficient (Wildman–Crippen LogP) is 2.58. The predicted molar refractivity (Wildman–Crippen MR) is 92.9 cm³/mol. The monoisotopic (exact) mass is 330 g/mol. The lowest BCUT2D eigenvalue weighted by Crippen LogP contribution is -2.49. The summed E-state index contributed by atoms with van der Waals surface area (Å²) >= 11 is 0. The van der Waals surface area contributed by atoms with Crippen LogP contribution in [-0.4, -0.2) is 51.6 Å². The highest BCUT2D eigenvalue weighted by Crippen LogP contribution is 2.28. The Morgan fingerprint density at radius 2 is 1.91 bits per heavy atom. The molecule has 0 spiro atoms. The number of carbonyl (C=O) groups excluding carboxylic acids is 1. The Hall–Kier alpha value is -0.593. The summed E-state index contributed by atoms with van der Waals surface area (Å²) in [5.74, 6) is 0.325. The molecule has 0 aliphatic heterocycles. The lowest BCUT2D eigenvalue weighted by Gasteiger charge is -2.33. The fourth-order valence-electron chi connectivity index (χ4n) is 2.95. The molecule has 0 radical (unpaired) electrons. The number of aliphatic hydroxyl groups is 1. The summed E-state index contributed by atoms with van der Waals surface area (Å²) < 4.78 is 5.19. The van der Waals surface area contributed by atoms with E-state index in [0.29, 0.717) is 5.92 Å². The highest BCUT2D eigenvalue weighted by Gasteiger charge is 2.29. The lowest BCUT2D eigenvalue weighted by molar-refractivity contribution is 0.0244. The molecule has 1 aliphatic rings. The van der Waals surface area contributed by atoms with Crippen molar-refractivity contribution in [1.29, 1.82) is 0 Å². The van der Waals surface area contributed by atoms with Crippen LogP contribution in [0.2, 0.25) is 25.7 Å². The van der Waals surface area contributed by atoms with Gasteiger partial charge in [-0.3, -0.25) is 0 Å². The standard InChI is InChI=1S/C16H34N2O3Si/c1-17-16(20)21-12-14(18-10-11-22(2,3)4)15(19)13-8-6-5-7-9-13/h13-15,18-19H,5-12H2,1-4H3,(H,17,20). The molecule has 1 rings (SSSR count). The first-order valence-corrected chi connectivity index (χ1v) is 12.3. The zero-order valence-corrected chi connectivity index (χ0v) is 15.7. The van der Waals surface area contributed by atoms with Crippen molar-refractivity contribution in [3.8, 4) is 0 Å². The van der Waals surface area contributed by atoms with Gasteiger partial charge < -0.3 is 20.5 Å². The van der Waals surface area contributed by atoms with E-state index in [4.69, 9.17) is 4.74 Å². The summed E-state index contributed by atoms with van der Waals surface area (Å²) in [6.45, 7) is 8.11. The van der Waals surface area contributed by atoms with E-state index in [1.165, 1.54) is 19.3 Å². The van der Waals surface area contributed by atoms with Crippen LogP contribution in [0.15, 0.2) is 0 Å². The van der Waals surface area contributed by atoms with Gasteiger partial charge in [-0.25, -0.2) is 4.79 Å². The number of aliphatic hydroxyl groups excluding tert-OH is 1. The van der Waals surface area contributed by atoms with Gasteiger partial charge in [0, 0.05) is 15.1 Å². The number of rotatable bonds is 8. The molecule has 1 amide bonds. The van der Waals surface area contributed by atoms with Crippen molar-refractivity contribution in [2.75, 3.05) is 20.2 Å². The van der Waals surface area contributed by atoms with Gasteiger partial charge in [0.05, 0.1) is 12.1 Å². The number of nitrogens with one attached hydrogen (secondary N) is 2. The molecule has 0 aromatic rings. The fourth-order valence-corrected chi connectivity index (χ4v) is 3.85. The Morgan fingerprint density at radius 1 is 1.27 bits per heavy atom. The zero-order valence-electron chi connectivity index (χ0n) is 14.7. The molecule has 6 heteroatoms. The smallest absolute Gasteiger partial charge is 0.406 e. The highest BCUT2D eigenvalue weighted by molar-refractivity contribution is 6.76. The SMILES string of the molecule is CNC(=O)OCC(NCC[Si](C)(C)C)C(O)C1CCCCC1. The van der Waals surface area contributed by atoms with Gasteiger partial charge in [-0.15, -0.1) is 0 Å². The molecule has 3 N–H and O–H groups in total. The van der Waals surface area contributed by atoms with Crippen molar-refractivity contribution in [3.63, 3.8) is 0 Å². The van der Waals surface area contributed by atoms with Crippen LogP contribution in [0.1, 0.15) is 32.1 Å². The first-order chi connectivity index (χ1) is 10.3. The minimum absolute atomic E-state index is 0.170. The summed E-state index contributed by atoms with van der Waals surface area (Å²) in [6, 6.07) is 0.984. The summed E-state index contributed by atoms with van der Waals surface area (Å²) in [4.78, 5) is 11.3. The molecule has 1 saturated carbocycles. The Bertz CT molecular complexity index is 328. The van der Waals surface area contributed by atoms with Crippen LogP contribution < -0.4 is 10.6 Å². The first kappa shape index (κ1) is 19.5. The van der Waals surface area contributed by atoms with Crippen LogP contribution in [0.25, 0.3) is 0 Å². The van der Waals surface area contributed by atoms with E-state index in [1.807, 2.05) is 0 Å². The maximum absolute atomic E-state index is 11.3. The molecule has 0 saturated heterocycles.